The molecule has 0 atom stereocenters. The molecule has 0 saturated heterocycles. The van der Waals surface area contributed by atoms with Crippen LogP contribution in [0.25, 0.3) is 0 Å². The number of hydrogen-bond donors (Lipinski definition) is 1. The minimum absolute atomic E-state index is 0.173. The normalized spacial score (nSPS) is 10.7. The van der Waals surface area contributed by atoms with Crippen LogP contribution in [-0.2, 0) is 11.2 Å². The van der Waals surface area contributed by atoms with Crippen molar-refractivity contribution in [3.8, 4) is 5.75 Å². The molecule has 136 valence electrons. The lowest BCUT2D eigenvalue weighted by Gasteiger charge is -2.05. The highest BCUT2D eigenvalue weighted by Crippen LogP contribution is 2.16. The summed E-state index contributed by atoms with van der Waals surface area (Å²) in [4.78, 5) is 24.9. The van der Waals surface area contributed by atoms with Gasteiger partial charge in [0.15, 0.2) is 0 Å². The number of thiophene rings is 1. The second kappa shape index (κ2) is 9.25. The quantitative estimate of drug-likeness (QED) is 0.265. The molecular weight excluding hydrogens is 428 g/mol. The first-order valence-electron chi connectivity index (χ1n) is 8.02. The summed E-state index contributed by atoms with van der Waals surface area (Å²) < 4.78 is 6.15. The highest BCUT2D eigenvalue weighted by atomic mass is 79.9. The number of hydrazone groups is 1. The van der Waals surface area contributed by atoms with Crippen molar-refractivity contribution in [1.29, 1.82) is 0 Å². The van der Waals surface area contributed by atoms with Crippen molar-refractivity contribution >= 4 is 45.4 Å². The van der Waals surface area contributed by atoms with Crippen molar-refractivity contribution in [3.05, 3.63) is 86.5 Å². The van der Waals surface area contributed by atoms with E-state index in [2.05, 4.69) is 26.5 Å². The molecule has 0 spiro atoms. The van der Waals surface area contributed by atoms with Gasteiger partial charge in [0.2, 0.25) is 5.91 Å². The van der Waals surface area contributed by atoms with E-state index in [1.807, 2.05) is 23.6 Å². The third kappa shape index (κ3) is 5.87. The average Bonchev–Trinajstić information content (AvgIpc) is 3.16. The van der Waals surface area contributed by atoms with Crippen LogP contribution in [0.15, 0.2) is 75.6 Å². The lowest BCUT2D eigenvalue weighted by molar-refractivity contribution is -0.120. The SMILES string of the molecule is O=C(Cc1cccs1)N/N=C\c1ccc(OC(=O)c2cccc(Br)c2)cc1. The molecule has 7 heteroatoms. The Morgan fingerprint density at radius 3 is 2.63 bits per heavy atom. The predicted octanol–water partition coefficient (Wildman–Crippen LogP) is 4.42. The van der Waals surface area contributed by atoms with Crippen LogP contribution in [0.4, 0.5) is 0 Å². The molecule has 1 amide bonds. The standard InChI is InChI=1S/C20H15BrN2O3S/c21-16-4-1-3-15(11-16)20(25)26-17-8-6-14(7-9-17)13-22-23-19(24)12-18-5-2-10-27-18/h1-11,13H,12H2,(H,23,24)/b22-13-. The van der Waals surface area contributed by atoms with Gasteiger partial charge in [0.1, 0.15) is 5.75 Å². The fourth-order valence-electron chi connectivity index (χ4n) is 2.19. The van der Waals surface area contributed by atoms with Crippen LogP contribution in [0.1, 0.15) is 20.8 Å². The average molecular weight is 443 g/mol. The van der Waals surface area contributed by atoms with Crippen LogP contribution >= 0.6 is 27.3 Å². The van der Waals surface area contributed by atoms with E-state index < -0.39 is 5.97 Å². The largest absolute Gasteiger partial charge is 0.423 e. The molecule has 1 heterocycles. The van der Waals surface area contributed by atoms with Gasteiger partial charge in [-0.15, -0.1) is 11.3 Å². The third-order valence-electron chi connectivity index (χ3n) is 3.47. The number of nitrogens with zero attached hydrogens (tertiary/aromatic N) is 1. The van der Waals surface area contributed by atoms with E-state index in [9.17, 15) is 9.59 Å². The summed E-state index contributed by atoms with van der Waals surface area (Å²) in [7, 11) is 0. The molecule has 2 aromatic carbocycles. The van der Waals surface area contributed by atoms with Crippen molar-refractivity contribution < 1.29 is 14.3 Å². The Bertz CT molecular complexity index is 954. The van der Waals surface area contributed by atoms with Gasteiger partial charge in [-0.25, -0.2) is 10.2 Å². The van der Waals surface area contributed by atoms with Gasteiger partial charge >= 0.3 is 5.97 Å². The fraction of sp³-hybridized carbons (Fsp3) is 0.0500. The zero-order valence-electron chi connectivity index (χ0n) is 14.1. The van der Waals surface area contributed by atoms with Gasteiger partial charge in [-0.2, -0.15) is 5.10 Å². The Balaban J connectivity index is 1.52. The monoisotopic (exact) mass is 442 g/mol. The van der Waals surface area contributed by atoms with Crippen molar-refractivity contribution in [2.75, 3.05) is 0 Å². The lowest BCUT2D eigenvalue weighted by Crippen LogP contribution is -2.19. The van der Waals surface area contributed by atoms with Gasteiger partial charge in [-0.1, -0.05) is 28.1 Å². The second-order valence-corrected chi connectivity index (χ2v) is 7.47. The number of halogens is 1. The number of hydrogen-bond acceptors (Lipinski definition) is 5. The molecule has 0 bridgehead atoms. The van der Waals surface area contributed by atoms with Gasteiger partial charge in [-0.3, -0.25) is 4.79 Å². The first-order valence-corrected chi connectivity index (χ1v) is 9.69. The summed E-state index contributed by atoms with van der Waals surface area (Å²) in [5.41, 5.74) is 3.72. The molecule has 27 heavy (non-hydrogen) atoms. The molecule has 0 radical (unpaired) electrons. The molecule has 1 aromatic heterocycles. The number of carbonyl (C=O) groups is 2. The highest BCUT2D eigenvalue weighted by Gasteiger charge is 2.08. The molecule has 1 N–H and O–H groups in total. The zero-order chi connectivity index (χ0) is 19.1. The van der Waals surface area contributed by atoms with Crippen molar-refractivity contribution in [3.63, 3.8) is 0 Å². The van der Waals surface area contributed by atoms with Gasteiger partial charge in [0, 0.05) is 9.35 Å². The van der Waals surface area contributed by atoms with E-state index >= 15 is 0 Å². The number of amides is 1. The molecule has 0 aliphatic rings. The van der Waals surface area contributed by atoms with Gasteiger partial charge in [-0.05, 0) is 59.5 Å². The van der Waals surface area contributed by atoms with Crippen LogP contribution < -0.4 is 10.2 Å². The van der Waals surface area contributed by atoms with Crippen molar-refractivity contribution in [1.82, 2.24) is 5.43 Å². The molecule has 0 saturated carbocycles. The first kappa shape index (κ1) is 19.0. The molecular formula is C20H15BrN2O3S. The summed E-state index contributed by atoms with van der Waals surface area (Å²) in [6, 6.07) is 17.6. The molecule has 0 unspecified atom stereocenters. The number of benzene rings is 2. The van der Waals surface area contributed by atoms with E-state index in [0.29, 0.717) is 17.7 Å². The minimum Gasteiger partial charge on any atom is -0.423 e. The fourth-order valence-corrected chi connectivity index (χ4v) is 3.30. The van der Waals surface area contributed by atoms with Crippen LogP contribution in [-0.4, -0.2) is 18.1 Å². The summed E-state index contributed by atoms with van der Waals surface area (Å²) in [6.07, 6.45) is 1.84. The van der Waals surface area contributed by atoms with Crippen LogP contribution in [0.5, 0.6) is 5.75 Å². The highest BCUT2D eigenvalue weighted by molar-refractivity contribution is 9.10. The lowest BCUT2D eigenvalue weighted by atomic mass is 10.2. The molecule has 3 rings (SSSR count). The van der Waals surface area contributed by atoms with Crippen LogP contribution in [0.2, 0.25) is 0 Å². The van der Waals surface area contributed by atoms with E-state index in [-0.39, 0.29) is 5.91 Å². The van der Waals surface area contributed by atoms with Crippen molar-refractivity contribution in [2.24, 2.45) is 5.10 Å². The van der Waals surface area contributed by atoms with Crippen LogP contribution in [0.3, 0.4) is 0 Å². The van der Waals surface area contributed by atoms with E-state index in [1.54, 1.807) is 42.5 Å². The Morgan fingerprint density at radius 1 is 1.11 bits per heavy atom. The number of esters is 1. The molecule has 0 fully saturated rings. The smallest absolute Gasteiger partial charge is 0.343 e. The second-order valence-electron chi connectivity index (χ2n) is 5.52. The number of ether oxygens (including phenoxy) is 1. The Hall–Kier alpha value is -2.77. The van der Waals surface area contributed by atoms with Gasteiger partial charge in [0.25, 0.3) is 0 Å². The first-order chi connectivity index (χ1) is 13.1. The van der Waals surface area contributed by atoms with Gasteiger partial charge in [0.05, 0.1) is 18.2 Å². The number of rotatable bonds is 6. The summed E-state index contributed by atoms with van der Waals surface area (Å²) in [6.45, 7) is 0. The van der Waals surface area contributed by atoms with Crippen LogP contribution in [0, 0.1) is 0 Å². The predicted molar refractivity (Wildman–Crippen MR) is 109 cm³/mol. The maximum absolute atomic E-state index is 12.1. The minimum atomic E-state index is -0.432. The maximum atomic E-state index is 12.1. The Kier molecular flexibility index (Phi) is 6.51. The third-order valence-corrected chi connectivity index (χ3v) is 4.84. The van der Waals surface area contributed by atoms with E-state index in [4.69, 9.17) is 4.74 Å². The summed E-state index contributed by atoms with van der Waals surface area (Å²) in [5.74, 6) is -0.175. The molecule has 5 nitrogen and oxygen atoms in total. The molecule has 0 aliphatic heterocycles. The zero-order valence-corrected chi connectivity index (χ0v) is 16.5. The van der Waals surface area contributed by atoms with Gasteiger partial charge < -0.3 is 4.74 Å². The Labute approximate surface area is 168 Å². The summed E-state index contributed by atoms with van der Waals surface area (Å²) >= 11 is 4.85. The van der Waals surface area contributed by atoms with E-state index in [0.717, 1.165) is 14.9 Å². The number of carbonyl (C=O) groups excluding carboxylic acids is 2. The topological polar surface area (TPSA) is 67.8 Å². The Morgan fingerprint density at radius 2 is 1.93 bits per heavy atom. The maximum Gasteiger partial charge on any atom is 0.343 e. The van der Waals surface area contributed by atoms with Crippen molar-refractivity contribution in [2.45, 2.75) is 6.42 Å². The van der Waals surface area contributed by atoms with E-state index in [1.165, 1.54) is 17.6 Å². The number of nitrogens with one attached hydrogen (secondary N) is 1. The molecule has 0 aliphatic carbocycles. The summed E-state index contributed by atoms with van der Waals surface area (Å²) in [5, 5.41) is 5.86. The molecule has 3 aromatic rings.